The van der Waals surface area contributed by atoms with Crippen LogP contribution in [0.15, 0.2) is 12.4 Å². The average molecular weight is 221 g/mol. The van der Waals surface area contributed by atoms with Crippen molar-refractivity contribution in [2.45, 2.75) is 58.0 Å². The molecule has 1 heterocycles. The van der Waals surface area contributed by atoms with Gasteiger partial charge < -0.3 is 9.88 Å². The molecule has 0 radical (unpaired) electrons. The first-order chi connectivity index (χ1) is 7.85. The fourth-order valence-corrected chi connectivity index (χ4v) is 2.69. The van der Waals surface area contributed by atoms with Crippen molar-refractivity contribution in [1.82, 2.24) is 14.9 Å². The number of aromatic nitrogens is 2. The van der Waals surface area contributed by atoms with Gasteiger partial charge in [0.2, 0.25) is 0 Å². The zero-order valence-corrected chi connectivity index (χ0v) is 10.4. The van der Waals surface area contributed by atoms with Crippen molar-refractivity contribution in [3.8, 4) is 0 Å². The number of aryl methyl sites for hydroxylation is 1. The highest BCUT2D eigenvalue weighted by molar-refractivity contribution is 4.98. The van der Waals surface area contributed by atoms with Crippen LogP contribution in [-0.2, 0) is 6.42 Å². The van der Waals surface area contributed by atoms with Crippen molar-refractivity contribution in [3.05, 3.63) is 18.2 Å². The van der Waals surface area contributed by atoms with Crippen LogP contribution >= 0.6 is 0 Å². The molecule has 1 saturated carbocycles. The van der Waals surface area contributed by atoms with E-state index in [1.807, 2.05) is 6.20 Å². The Morgan fingerprint density at radius 2 is 2.31 bits per heavy atom. The number of nitrogens with one attached hydrogen (secondary N) is 1. The lowest BCUT2D eigenvalue weighted by Crippen LogP contribution is -2.27. The Balaban J connectivity index is 1.93. The molecule has 0 bridgehead atoms. The Hall–Kier alpha value is -0.830. The zero-order valence-electron chi connectivity index (χ0n) is 10.4. The van der Waals surface area contributed by atoms with Crippen molar-refractivity contribution in [1.29, 1.82) is 0 Å². The van der Waals surface area contributed by atoms with Crippen LogP contribution < -0.4 is 5.32 Å². The summed E-state index contributed by atoms with van der Waals surface area (Å²) in [7, 11) is 0. The maximum absolute atomic E-state index is 4.41. The molecule has 0 saturated heterocycles. The molecule has 2 unspecified atom stereocenters. The van der Waals surface area contributed by atoms with Gasteiger partial charge in [0, 0.05) is 30.9 Å². The van der Waals surface area contributed by atoms with Gasteiger partial charge in [-0.3, -0.25) is 0 Å². The van der Waals surface area contributed by atoms with E-state index in [1.54, 1.807) is 0 Å². The number of nitrogens with zero attached hydrogens (tertiary/aromatic N) is 2. The maximum Gasteiger partial charge on any atom is 0.108 e. The first-order valence-corrected chi connectivity index (χ1v) is 6.60. The van der Waals surface area contributed by atoms with E-state index in [2.05, 4.69) is 34.9 Å². The predicted molar refractivity (Wildman–Crippen MR) is 66.6 cm³/mol. The zero-order chi connectivity index (χ0) is 11.4. The number of hydrogen-bond donors (Lipinski definition) is 1. The molecule has 2 atom stereocenters. The molecule has 1 fully saturated rings. The van der Waals surface area contributed by atoms with Gasteiger partial charge in [0.05, 0.1) is 0 Å². The molecule has 0 amide bonds. The Kier molecular flexibility index (Phi) is 3.99. The molecule has 1 aromatic rings. The standard InChI is InChI=1S/C13H23N3/c1-3-7-14-11-5-6-12(10-11)16-9-8-15-13(16)4-2/h8-9,11-12,14H,3-7,10H2,1-2H3. The molecule has 16 heavy (non-hydrogen) atoms. The number of rotatable bonds is 5. The molecule has 0 spiro atoms. The smallest absolute Gasteiger partial charge is 0.108 e. The van der Waals surface area contributed by atoms with Crippen LogP contribution in [0, 0.1) is 0 Å². The van der Waals surface area contributed by atoms with Crippen molar-refractivity contribution in [2.24, 2.45) is 0 Å². The molecule has 90 valence electrons. The molecule has 1 aliphatic carbocycles. The molecule has 3 nitrogen and oxygen atoms in total. The van der Waals surface area contributed by atoms with E-state index in [0.717, 1.165) is 19.0 Å². The maximum atomic E-state index is 4.41. The first kappa shape index (κ1) is 11.6. The van der Waals surface area contributed by atoms with Gasteiger partial charge >= 0.3 is 0 Å². The van der Waals surface area contributed by atoms with E-state index in [4.69, 9.17) is 0 Å². The molecule has 1 aromatic heterocycles. The van der Waals surface area contributed by atoms with Crippen molar-refractivity contribution in [2.75, 3.05) is 6.54 Å². The average Bonchev–Trinajstić information content (AvgIpc) is 2.94. The van der Waals surface area contributed by atoms with Gasteiger partial charge in [-0.2, -0.15) is 0 Å². The van der Waals surface area contributed by atoms with E-state index in [9.17, 15) is 0 Å². The predicted octanol–water partition coefficient (Wildman–Crippen LogP) is 2.54. The van der Waals surface area contributed by atoms with Gasteiger partial charge in [0.1, 0.15) is 5.82 Å². The van der Waals surface area contributed by atoms with Crippen LogP contribution in [-0.4, -0.2) is 22.1 Å². The second-order valence-electron chi connectivity index (χ2n) is 4.72. The van der Waals surface area contributed by atoms with Crippen LogP contribution in [0.5, 0.6) is 0 Å². The van der Waals surface area contributed by atoms with Crippen molar-refractivity contribution in [3.63, 3.8) is 0 Å². The molecule has 3 heteroatoms. The van der Waals surface area contributed by atoms with E-state index < -0.39 is 0 Å². The summed E-state index contributed by atoms with van der Waals surface area (Å²) in [6, 6.07) is 1.39. The highest BCUT2D eigenvalue weighted by Gasteiger charge is 2.26. The fraction of sp³-hybridized carbons (Fsp3) is 0.769. The van der Waals surface area contributed by atoms with Crippen LogP contribution in [0.25, 0.3) is 0 Å². The van der Waals surface area contributed by atoms with Crippen LogP contribution in [0.2, 0.25) is 0 Å². The summed E-state index contributed by atoms with van der Waals surface area (Å²) in [6.07, 6.45) is 10.2. The third kappa shape index (κ3) is 2.46. The third-order valence-electron chi connectivity index (χ3n) is 3.55. The van der Waals surface area contributed by atoms with E-state index >= 15 is 0 Å². The van der Waals surface area contributed by atoms with Crippen LogP contribution in [0.4, 0.5) is 0 Å². The SMILES string of the molecule is CCCNC1CCC(n2ccnc2CC)C1. The quantitative estimate of drug-likeness (QED) is 0.828. The first-order valence-electron chi connectivity index (χ1n) is 6.60. The lowest BCUT2D eigenvalue weighted by atomic mass is 10.2. The highest BCUT2D eigenvalue weighted by atomic mass is 15.1. The molecule has 1 aliphatic rings. The summed E-state index contributed by atoms with van der Waals surface area (Å²) in [5.41, 5.74) is 0. The van der Waals surface area contributed by atoms with Gasteiger partial charge in [-0.25, -0.2) is 4.98 Å². The van der Waals surface area contributed by atoms with Gasteiger partial charge in [-0.1, -0.05) is 13.8 Å². The fourth-order valence-electron chi connectivity index (χ4n) is 2.69. The Bertz CT molecular complexity index is 319. The highest BCUT2D eigenvalue weighted by Crippen LogP contribution is 2.30. The lowest BCUT2D eigenvalue weighted by Gasteiger charge is -2.16. The van der Waals surface area contributed by atoms with Gasteiger partial charge in [-0.15, -0.1) is 0 Å². The van der Waals surface area contributed by atoms with Crippen LogP contribution in [0.3, 0.4) is 0 Å². The molecule has 0 aromatic carbocycles. The topological polar surface area (TPSA) is 29.9 Å². The third-order valence-corrected chi connectivity index (χ3v) is 3.55. The van der Waals surface area contributed by atoms with E-state index in [-0.39, 0.29) is 0 Å². The second-order valence-corrected chi connectivity index (χ2v) is 4.72. The van der Waals surface area contributed by atoms with Crippen molar-refractivity contribution < 1.29 is 0 Å². The summed E-state index contributed by atoms with van der Waals surface area (Å²) in [5.74, 6) is 1.24. The van der Waals surface area contributed by atoms with Gasteiger partial charge in [-0.05, 0) is 32.2 Å². The molecule has 1 N–H and O–H groups in total. The minimum absolute atomic E-state index is 0.673. The lowest BCUT2D eigenvalue weighted by molar-refractivity contribution is 0.464. The minimum atomic E-state index is 0.673. The summed E-state index contributed by atoms with van der Waals surface area (Å²) in [6.45, 7) is 5.56. The Morgan fingerprint density at radius 3 is 3.06 bits per heavy atom. The van der Waals surface area contributed by atoms with Gasteiger partial charge in [0.25, 0.3) is 0 Å². The van der Waals surface area contributed by atoms with E-state index in [1.165, 1.54) is 31.5 Å². The summed E-state index contributed by atoms with van der Waals surface area (Å²) < 4.78 is 2.38. The van der Waals surface area contributed by atoms with Gasteiger partial charge in [0.15, 0.2) is 0 Å². The van der Waals surface area contributed by atoms with Crippen molar-refractivity contribution >= 4 is 0 Å². The Labute approximate surface area is 98.3 Å². The minimum Gasteiger partial charge on any atom is -0.332 e. The largest absolute Gasteiger partial charge is 0.332 e. The summed E-state index contributed by atoms with van der Waals surface area (Å²) in [5, 5.41) is 3.63. The van der Waals surface area contributed by atoms with E-state index in [0.29, 0.717) is 6.04 Å². The number of hydrogen-bond acceptors (Lipinski definition) is 2. The Morgan fingerprint density at radius 1 is 1.44 bits per heavy atom. The monoisotopic (exact) mass is 221 g/mol. The molecule has 2 rings (SSSR count). The summed E-state index contributed by atoms with van der Waals surface area (Å²) >= 11 is 0. The second kappa shape index (κ2) is 5.48. The molecular weight excluding hydrogens is 198 g/mol. The summed E-state index contributed by atoms with van der Waals surface area (Å²) in [4.78, 5) is 4.41. The normalized spacial score (nSPS) is 25.1. The molecule has 0 aliphatic heterocycles. The number of imidazole rings is 1. The van der Waals surface area contributed by atoms with Crippen LogP contribution in [0.1, 0.15) is 51.4 Å². The molecular formula is C13H23N3.